The maximum Gasteiger partial charge on any atom is 0.406 e. The van der Waals surface area contributed by atoms with E-state index < -0.39 is 24.0 Å². The van der Waals surface area contributed by atoms with E-state index in [1.54, 1.807) is 0 Å². The molecule has 0 unspecified atom stereocenters. The third-order valence-electron chi connectivity index (χ3n) is 2.59. The van der Waals surface area contributed by atoms with Gasteiger partial charge in [0.2, 0.25) is 5.91 Å². The summed E-state index contributed by atoms with van der Waals surface area (Å²) in [6, 6.07) is 1.82. The van der Waals surface area contributed by atoms with Crippen LogP contribution >= 0.6 is 0 Å². The number of carbonyl (C=O) groups is 1. The number of carbonyl (C=O) groups excluding carboxylic acids is 1. The number of amides is 1. The van der Waals surface area contributed by atoms with Crippen molar-refractivity contribution in [3.05, 3.63) is 0 Å². The van der Waals surface area contributed by atoms with E-state index in [0.717, 1.165) is 13.5 Å². The van der Waals surface area contributed by atoms with E-state index in [-0.39, 0.29) is 0 Å². The van der Waals surface area contributed by atoms with Crippen LogP contribution in [0.4, 0.5) is 13.2 Å². The summed E-state index contributed by atoms with van der Waals surface area (Å²) in [5.41, 5.74) is -1.19. The van der Waals surface area contributed by atoms with Crippen molar-refractivity contribution in [3.8, 4) is 6.07 Å². The molecule has 0 aromatic carbocycles. The van der Waals surface area contributed by atoms with Gasteiger partial charge < -0.3 is 4.90 Å². The van der Waals surface area contributed by atoms with Gasteiger partial charge in [-0.3, -0.25) is 4.79 Å². The lowest BCUT2D eigenvalue weighted by Crippen LogP contribution is -2.48. The predicted molar refractivity (Wildman–Crippen MR) is 45.6 cm³/mol. The first-order valence-corrected chi connectivity index (χ1v) is 4.54. The molecule has 84 valence electrons. The summed E-state index contributed by atoms with van der Waals surface area (Å²) in [4.78, 5) is 12.1. The summed E-state index contributed by atoms with van der Waals surface area (Å²) >= 11 is 0. The molecule has 0 saturated heterocycles. The minimum Gasteiger partial charge on any atom is -0.335 e. The van der Waals surface area contributed by atoms with Gasteiger partial charge in [0.25, 0.3) is 0 Å². The van der Waals surface area contributed by atoms with Crippen LogP contribution < -0.4 is 0 Å². The van der Waals surface area contributed by atoms with Crippen LogP contribution in [0.15, 0.2) is 0 Å². The standard InChI is InChI=1S/C9H11F3N2O/c1-14(6-9(10,11)12)7(15)8(5-13)3-2-4-8/h2-4,6H2,1H3. The van der Waals surface area contributed by atoms with Crippen LogP contribution in [0.5, 0.6) is 0 Å². The highest BCUT2D eigenvalue weighted by Crippen LogP contribution is 2.41. The van der Waals surface area contributed by atoms with Crippen molar-refractivity contribution in [3.63, 3.8) is 0 Å². The van der Waals surface area contributed by atoms with Gasteiger partial charge in [-0.15, -0.1) is 0 Å². The zero-order valence-electron chi connectivity index (χ0n) is 8.26. The first-order valence-electron chi connectivity index (χ1n) is 4.54. The van der Waals surface area contributed by atoms with E-state index >= 15 is 0 Å². The second-order valence-corrected chi connectivity index (χ2v) is 3.82. The summed E-state index contributed by atoms with van der Waals surface area (Å²) < 4.78 is 36.0. The lowest BCUT2D eigenvalue weighted by molar-refractivity contribution is -0.165. The number of nitrogens with zero attached hydrogens (tertiary/aromatic N) is 2. The van der Waals surface area contributed by atoms with Gasteiger partial charge in [-0.05, 0) is 19.3 Å². The summed E-state index contributed by atoms with van der Waals surface area (Å²) in [6.07, 6.45) is -2.96. The minimum atomic E-state index is -4.41. The fourth-order valence-corrected chi connectivity index (χ4v) is 1.61. The molecule has 6 heteroatoms. The number of nitriles is 1. The van der Waals surface area contributed by atoms with Crippen LogP contribution in [0.1, 0.15) is 19.3 Å². The fraction of sp³-hybridized carbons (Fsp3) is 0.778. The third kappa shape index (κ3) is 2.41. The number of hydrogen-bond acceptors (Lipinski definition) is 2. The first-order chi connectivity index (χ1) is 6.81. The predicted octanol–water partition coefficient (Wildman–Crippen LogP) is 1.70. The largest absolute Gasteiger partial charge is 0.406 e. The SMILES string of the molecule is CN(CC(F)(F)F)C(=O)C1(C#N)CCC1. The van der Waals surface area contributed by atoms with Crippen molar-refractivity contribution in [1.82, 2.24) is 4.90 Å². The molecule has 1 fully saturated rings. The van der Waals surface area contributed by atoms with Gasteiger partial charge in [-0.2, -0.15) is 18.4 Å². The Balaban J connectivity index is 2.65. The average Bonchev–Trinajstić information content (AvgIpc) is 1.99. The molecule has 1 rings (SSSR count). The van der Waals surface area contributed by atoms with Crippen molar-refractivity contribution in [2.24, 2.45) is 5.41 Å². The normalized spacial score (nSPS) is 18.9. The van der Waals surface area contributed by atoms with Crippen LogP contribution in [-0.2, 0) is 4.79 Å². The summed E-state index contributed by atoms with van der Waals surface area (Å²) in [6.45, 7) is -1.30. The van der Waals surface area contributed by atoms with E-state index in [1.807, 2.05) is 6.07 Å². The van der Waals surface area contributed by atoms with Gasteiger partial charge in [-0.1, -0.05) is 0 Å². The van der Waals surface area contributed by atoms with E-state index in [0.29, 0.717) is 17.7 Å². The van der Waals surface area contributed by atoms with E-state index in [1.165, 1.54) is 0 Å². The Bertz CT molecular complexity index is 301. The Morgan fingerprint density at radius 2 is 2.07 bits per heavy atom. The highest BCUT2D eigenvalue weighted by Gasteiger charge is 2.47. The van der Waals surface area contributed by atoms with Crippen LogP contribution in [0, 0.1) is 16.7 Å². The molecule has 15 heavy (non-hydrogen) atoms. The molecule has 0 aromatic rings. The van der Waals surface area contributed by atoms with Crippen LogP contribution in [-0.4, -0.2) is 30.6 Å². The van der Waals surface area contributed by atoms with Crippen molar-refractivity contribution < 1.29 is 18.0 Å². The number of rotatable bonds is 2. The topological polar surface area (TPSA) is 44.1 Å². The second kappa shape index (κ2) is 3.72. The van der Waals surface area contributed by atoms with Gasteiger partial charge in [0, 0.05) is 7.05 Å². The van der Waals surface area contributed by atoms with Crippen LogP contribution in [0.3, 0.4) is 0 Å². The quantitative estimate of drug-likeness (QED) is 0.710. The molecular weight excluding hydrogens is 209 g/mol. The van der Waals surface area contributed by atoms with E-state index in [2.05, 4.69) is 0 Å². The molecule has 1 saturated carbocycles. The Labute approximate surface area is 85.5 Å². The molecule has 0 bridgehead atoms. The minimum absolute atomic E-state index is 0.366. The number of hydrogen-bond donors (Lipinski definition) is 0. The highest BCUT2D eigenvalue weighted by atomic mass is 19.4. The molecule has 1 aliphatic carbocycles. The molecule has 0 atom stereocenters. The smallest absolute Gasteiger partial charge is 0.335 e. The van der Waals surface area contributed by atoms with Gasteiger partial charge in [0.05, 0.1) is 6.07 Å². The maximum atomic E-state index is 12.0. The van der Waals surface area contributed by atoms with Crippen molar-refractivity contribution in [1.29, 1.82) is 5.26 Å². The highest BCUT2D eigenvalue weighted by molar-refractivity contribution is 5.86. The Kier molecular flexibility index (Phi) is 2.93. The average molecular weight is 220 g/mol. The number of alkyl halides is 3. The molecule has 3 nitrogen and oxygen atoms in total. The monoisotopic (exact) mass is 220 g/mol. The zero-order chi connectivity index (χ0) is 11.7. The molecular formula is C9H11F3N2O. The van der Waals surface area contributed by atoms with Gasteiger partial charge in [0.1, 0.15) is 12.0 Å². The first kappa shape index (κ1) is 11.8. The van der Waals surface area contributed by atoms with E-state index in [4.69, 9.17) is 5.26 Å². The molecule has 1 aliphatic rings. The summed E-state index contributed by atoms with van der Waals surface area (Å²) in [7, 11) is 1.08. The van der Waals surface area contributed by atoms with Crippen molar-refractivity contribution >= 4 is 5.91 Å². The van der Waals surface area contributed by atoms with Gasteiger partial charge in [-0.25, -0.2) is 0 Å². The zero-order valence-corrected chi connectivity index (χ0v) is 8.26. The van der Waals surface area contributed by atoms with E-state index in [9.17, 15) is 18.0 Å². The lowest BCUT2D eigenvalue weighted by Gasteiger charge is -2.36. The molecule has 0 spiro atoms. The van der Waals surface area contributed by atoms with Gasteiger partial charge in [0.15, 0.2) is 0 Å². The fourth-order valence-electron chi connectivity index (χ4n) is 1.61. The molecule has 1 amide bonds. The lowest BCUT2D eigenvalue weighted by atomic mass is 9.69. The third-order valence-corrected chi connectivity index (χ3v) is 2.59. The molecule has 0 radical (unpaired) electrons. The second-order valence-electron chi connectivity index (χ2n) is 3.82. The Morgan fingerprint density at radius 1 is 1.53 bits per heavy atom. The van der Waals surface area contributed by atoms with Crippen molar-refractivity contribution in [2.45, 2.75) is 25.4 Å². The number of halogens is 3. The van der Waals surface area contributed by atoms with Crippen molar-refractivity contribution in [2.75, 3.05) is 13.6 Å². The van der Waals surface area contributed by atoms with Gasteiger partial charge >= 0.3 is 6.18 Å². The molecule has 0 aliphatic heterocycles. The van der Waals surface area contributed by atoms with Crippen LogP contribution in [0.2, 0.25) is 0 Å². The Morgan fingerprint density at radius 3 is 2.33 bits per heavy atom. The molecule has 0 heterocycles. The van der Waals surface area contributed by atoms with Crippen LogP contribution in [0.25, 0.3) is 0 Å². The molecule has 0 aromatic heterocycles. The molecule has 0 N–H and O–H groups in total. The Hall–Kier alpha value is -1.25. The maximum absolute atomic E-state index is 12.0. The summed E-state index contributed by atoms with van der Waals surface area (Å²) in [5.74, 6) is -0.714. The summed E-state index contributed by atoms with van der Waals surface area (Å²) in [5, 5.41) is 8.78.